The lowest BCUT2D eigenvalue weighted by Gasteiger charge is -2.29. The third kappa shape index (κ3) is 1.89. The first-order valence-electron chi connectivity index (χ1n) is 6.87. The molecule has 0 saturated heterocycles. The van der Waals surface area contributed by atoms with Crippen molar-refractivity contribution < 1.29 is 0 Å². The summed E-state index contributed by atoms with van der Waals surface area (Å²) in [5.74, 6) is 2.30. The van der Waals surface area contributed by atoms with E-state index < -0.39 is 0 Å². The minimum absolute atomic E-state index is 0.370. The first kappa shape index (κ1) is 12.2. The van der Waals surface area contributed by atoms with Gasteiger partial charge in [-0.3, -0.25) is 0 Å². The SMILES string of the molecule is CCc1nc(C2Cc3ccccc32)nc(NC)c1C. The molecule has 1 atom stereocenters. The molecular formula is C16H19N3. The molecule has 1 aliphatic rings. The fourth-order valence-electron chi connectivity index (χ4n) is 2.81. The molecule has 0 saturated carbocycles. The Labute approximate surface area is 114 Å². The van der Waals surface area contributed by atoms with E-state index in [0.29, 0.717) is 5.92 Å². The van der Waals surface area contributed by atoms with E-state index in [9.17, 15) is 0 Å². The highest BCUT2D eigenvalue weighted by Gasteiger charge is 2.30. The predicted molar refractivity (Wildman–Crippen MR) is 77.7 cm³/mol. The number of hydrogen-bond donors (Lipinski definition) is 1. The molecule has 0 bridgehead atoms. The molecule has 0 aliphatic heterocycles. The Kier molecular flexibility index (Phi) is 2.97. The van der Waals surface area contributed by atoms with Crippen molar-refractivity contribution in [3.05, 3.63) is 52.5 Å². The second kappa shape index (κ2) is 4.65. The summed E-state index contributed by atoms with van der Waals surface area (Å²) in [7, 11) is 1.92. The molecule has 3 nitrogen and oxygen atoms in total. The first-order chi connectivity index (χ1) is 9.24. The highest BCUT2D eigenvalue weighted by atomic mass is 15.0. The van der Waals surface area contributed by atoms with Crippen LogP contribution < -0.4 is 5.32 Å². The molecule has 1 heterocycles. The number of anilines is 1. The van der Waals surface area contributed by atoms with E-state index in [4.69, 9.17) is 9.97 Å². The van der Waals surface area contributed by atoms with Gasteiger partial charge in [-0.25, -0.2) is 9.97 Å². The molecule has 3 rings (SSSR count). The number of rotatable bonds is 3. The fraction of sp³-hybridized carbons (Fsp3) is 0.375. The van der Waals surface area contributed by atoms with Crippen LogP contribution in [0, 0.1) is 6.92 Å². The molecule has 1 aliphatic carbocycles. The Bertz CT molecular complexity index is 594. The van der Waals surface area contributed by atoms with E-state index in [1.807, 2.05) is 7.05 Å². The summed E-state index contributed by atoms with van der Waals surface area (Å²) in [6.07, 6.45) is 2.01. The van der Waals surface area contributed by atoms with Crippen LogP contribution >= 0.6 is 0 Å². The molecule has 2 aromatic rings. The molecule has 0 fully saturated rings. The van der Waals surface area contributed by atoms with E-state index in [0.717, 1.165) is 30.2 Å². The second-order valence-corrected chi connectivity index (χ2v) is 5.06. The molecule has 0 amide bonds. The topological polar surface area (TPSA) is 37.8 Å². The maximum atomic E-state index is 4.77. The minimum Gasteiger partial charge on any atom is -0.373 e. The molecule has 1 aromatic carbocycles. The van der Waals surface area contributed by atoms with Crippen molar-refractivity contribution in [2.75, 3.05) is 12.4 Å². The highest BCUT2D eigenvalue weighted by molar-refractivity contribution is 5.49. The van der Waals surface area contributed by atoms with Gasteiger partial charge in [0.15, 0.2) is 0 Å². The van der Waals surface area contributed by atoms with Crippen molar-refractivity contribution in [1.82, 2.24) is 9.97 Å². The summed E-state index contributed by atoms with van der Waals surface area (Å²) in [5.41, 5.74) is 5.14. The summed E-state index contributed by atoms with van der Waals surface area (Å²) in [6.45, 7) is 4.23. The Hall–Kier alpha value is -1.90. The van der Waals surface area contributed by atoms with Gasteiger partial charge in [0.2, 0.25) is 0 Å². The van der Waals surface area contributed by atoms with Gasteiger partial charge in [-0.1, -0.05) is 31.2 Å². The zero-order valence-electron chi connectivity index (χ0n) is 11.7. The maximum absolute atomic E-state index is 4.77. The van der Waals surface area contributed by atoms with E-state index in [2.05, 4.69) is 43.4 Å². The smallest absolute Gasteiger partial charge is 0.138 e. The average Bonchev–Trinajstić information content (AvgIpc) is 2.41. The number of fused-ring (bicyclic) bond motifs is 1. The summed E-state index contributed by atoms with van der Waals surface area (Å²) in [6, 6.07) is 8.58. The summed E-state index contributed by atoms with van der Waals surface area (Å²) < 4.78 is 0. The van der Waals surface area contributed by atoms with Gasteiger partial charge < -0.3 is 5.32 Å². The van der Waals surface area contributed by atoms with Crippen LogP contribution in [-0.2, 0) is 12.8 Å². The Morgan fingerprint density at radius 3 is 2.74 bits per heavy atom. The van der Waals surface area contributed by atoms with Crippen LogP contribution in [0.25, 0.3) is 0 Å². The van der Waals surface area contributed by atoms with E-state index in [-0.39, 0.29) is 0 Å². The van der Waals surface area contributed by atoms with Gasteiger partial charge in [-0.15, -0.1) is 0 Å². The quantitative estimate of drug-likeness (QED) is 0.913. The molecule has 1 aromatic heterocycles. The maximum Gasteiger partial charge on any atom is 0.138 e. The van der Waals surface area contributed by atoms with Crippen LogP contribution in [0.5, 0.6) is 0 Å². The van der Waals surface area contributed by atoms with Crippen molar-refractivity contribution in [1.29, 1.82) is 0 Å². The van der Waals surface area contributed by atoms with Gasteiger partial charge in [0.25, 0.3) is 0 Å². The van der Waals surface area contributed by atoms with Gasteiger partial charge in [-0.2, -0.15) is 0 Å². The van der Waals surface area contributed by atoms with Gasteiger partial charge in [0.05, 0.1) is 0 Å². The molecule has 1 unspecified atom stereocenters. The van der Waals surface area contributed by atoms with Crippen LogP contribution in [-0.4, -0.2) is 17.0 Å². The van der Waals surface area contributed by atoms with Crippen molar-refractivity contribution in [3.8, 4) is 0 Å². The summed E-state index contributed by atoms with van der Waals surface area (Å²) >= 11 is 0. The molecule has 3 heteroatoms. The number of nitrogens with zero attached hydrogens (tertiary/aromatic N) is 2. The molecule has 19 heavy (non-hydrogen) atoms. The monoisotopic (exact) mass is 253 g/mol. The van der Waals surface area contributed by atoms with Crippen LogP contribution in [0.3, 0.4) is 0 Å². The van der Waals surface area contributed by atoms with Crippen molar-refractivity contribution in [2.45, 2.75) is 32.6 Å². The van der Waals surface area contributed by atoms with Crippen LogP contribution in [0.4, 0.5) is 5.82 Å². The zero-order valence-corrected chi connectivity index (χ0v) is 11.7. The lowest BCUT2D eigenvalue weighted by atomic mass is 9.77. The van der Waals surface area contributed by atoms with Crippen LogP contribution in [0.15, 0.2) is 24.3 Å². The third-order valence-corrected chi connectivity index (χ3v) is 4.00. The number of aromatic nitrogens is 2. The highest BCUT2D eigenvalue weighted by Crippen LogP contribution is 2.39. The number of nitrogens with one attached hydrogen (secondary N) is 1. The second-order valence-electron chi connectivity index (χ2n) is 5.06. The van der Waals surface area contributed by atoms with E-state index in [1.165, 1.54) is 16.7 Å². The number of hydrogen-bond acceptors (Lipinski definition) is 3. The lowest BCUT2D eigenvalue weighted by Crippen LogP contribution is -2.21. The Morgan fingerprint density at radius 1 is 1.26 bits per heavy atom. The summed E-state index contributed by atoms with van der Waals surface area (Å²) in [4.78, 5) is 9.47. The molecule has 98 valence electrons. The van der Waals surface area contributed by atoms with E-state index >= 15 is 0 Å². The fourth-order valence-corrected chi connectivity index (χ4v) is 2.81. The number of aryl methyl sites for hydroxylation is 1. The van der Waals surface area contributed by atoms with Crippen molar-refractivity contribution in [2.24, 2.45) is 0 Å². The van der Waals surface area contributed by atoms with Gasteiger partial charge in [-0.05, 0) is 30.9 Å². The zero-order chi connectivity index (χ0) is 13.4. The van der Waals surface area contributed by atoms with Gasteiger partial charge in [0.1, 0.15) is 11.6 Å². The first-order valence-corrected chi connectivity index (χ1v) is 6.87. The Morgan fingerprint density at radius 2 is 2.05 bits per heavy atom. The minimum atomic E-state index is 0.370. The molecule has 1 N–H and O–H groups in total. The third-order valence-electron chi connectivity index (χ3n) is 4.00. The standard InChI is InChI=1S/C16H19N3/c1-4-14-10(2)15(17-3)19-16(18-14)13-9-11-7-5-6-8-12(11)13/h5-8,13H,4,9H2,1-3H3,(H,17,18,19). The number of benzene rings is 1. The predicted octanol–water partition coefficient (Wildman–Crippen LogP) is 3.08. The lowest BCUT2D eigenvalue weighted by molar-refractivity contribution is 0.653. The average molecular weight is 253 g/mol. The van der Waals surface area contributed by atoms with Crippen molar-refractivity contribution >= 4 is 5.82 Å². The Balaban J connectivity index is 2.03. The van der Waals surface area contributed by atoms with Gasteiger partial charge in [0, 0.05) is 24.2 Å². The normalized spacial score (nSPS) is 16.7. The van der Waals surface area contributed by atoms with E-state index in [1.54, 1.807) is 0 Å². The summed E-state index contributed by atoms with van der Waals surface area (Å²) in [5, 5.41) is 3.19. The van der Waals surface area contributed by atoms with Gasteiger partial charge >= 0.3 is 0 Å². The molecule has 0 radical (unpaired) electrons. The van der Waals surface area contributed by atoms with Crippen molar-refractivity contribution in [3.63, 3.8) is 0 Å². The molecular weight excluding hydrogens is 234 g/mol. The van der Waals surface area contributed by atoms with Crippen LogP contribution in [0.2, 0.25) is 0 Å². The molecule has 0 spiro atoms. The largest absolute Gasteiger partial charge is 0.373 e. The van der Waals surface area contributed by atoms with Crippen LogP contribution in [0.1, 0.15) is 41.1 Å².